The van der Waals surface area contributed by atoms with E-state index < -0.39 is 30.1 Å². The Labute approximate surface area is 139 Å². The Morgan fingerprint density at radius 1 is 1.29 bits per heavy atom. The fourth-order valence-electron chi connectivity index (χ4n) is 2.79. The predicted molar refractivity (Wildman–Crippen MR) is 88.2 cm³/mol. The van der Waals surface area contributed by atoms with Crippen LogP contribution < -0.4 is 5.32 Å². The Balaban J connectivity index is 2.64. The lowest BCUT2D eigenvalue weighted by molar-refractivity contribution is -0.137. The van der Waals surface area contributed by atoms with Crippen LogP contribution in [0.15, 0.2) is 30.3 Å². The molecule has 24 heavy (non-hydrogen) atoms. The third-order valence-electron chi connectivity index (χ3n) is 3.84. The van der Waals surface area contributed by atoms with Gasteiger partial charge in [-0.15, -0.1) is 0 Å². The van der Waals surface area contributed by atoms with Gasteiger partial charge in [0.05, 0.1) is 12.5 Å². The number of carboxylic acids is 1. The average Bonchev–Trinajstić information content (AvgIpc) is 2.49. The molecule has 0 radical (unpaired) electrons. The summed E-state index contributed by atoms with van der Waals surface area (Å²) in [5.74, 6) is -3.31. The summed E-state index contributed by atoms with van der Waals surface area (Å²) in [5.41, 5.74) is 2.98. The molecular formula is C19H17F2NO2. The molecule has 0 saturated carbocycles. The highest BCUT2D eigenvalue weighted by atomic mass is 19.2. The summed E-state index contributed by atoms with van der Waals surface area (Å²) >= 11 is 0. The maximum Gasteiger partial charge on any atom is 0.305 e. The van der Waals surface area contributed by atoms with E-state index in [9.17, 15) is 13.6 Å². The van der Waals surface area contributed by atoms with Gasteiger partial charge in [-0.25, -0.2) is 8.78 Å². The lowest BCUT2D eigenvalue weighted by atomic mass is 9.92. The van der Waals surface area contributed by atoms with Gasteiger partial charge in [-0.3, -0.25) is 4.79 Å². The standard InChI is InChI=1S/C19H17F2NO2/c1-4-22-16(10-17(23)24)14-8-13(9-15(20)19(14)21)18-11(2)6-5-7-12(18)3/h1,5-9,16,22H,10H2,2-3H3,(H,23,24). The lowest BCUT2D eigenvalue weighted by Crippen LogP contribution is -2.21. The summed E-state index contributed by atoms with van der Waals surface area (Å²) in [7, 11) is 0. The molecule has 1 unspecified atom stereocenters. The zero-order chi connectivity index (χ0) is 17.9. The molecule has 0 aliphatic carbocycles. The second-order valence-corrected chi connectivity index (χ2v) is 5.57. The summed E-state index contributed by atoms with van der Waals surface area (Å²) in [6.07, 6.45) is 4.70. The topological polar surface area (TPSA) is 49.3 Å². The van der Waals surface area contributed by atoms with Crippen LogP contribution in [0.4, 0.5) is 8.78 Å². The average molecular weight is 329 g/mol. The number of hydrogen-bond acceptors (Lipinski definition) is 2. The van der Waals surface area contributed by atoms with Crippen molar-refractivity contribution in [3.8, 4) is 23.6 Å². The van der Waals surface area contributed by atoms with E-state index in [-0.39, 0.29) is 5.56 Å². The Bertz CT molecular complexity index is 805. The van der Waals surface area contributed by atoms with E-state index in [4.69, 9.17) is 11.5 Å². The summed E-state index contributed by atoms with van der Waals surface area (Å²) in [6.45, 7) is 3.75. The minimum absolute atomic E-state index is 0.104. The highest BCUT2D eigenvalue weighted by Gasteiger charge is 2.22. The van der Waals surface area contributed by atoms with Crippen molar-refractivity contribution in [3.05, 3.63) is 58.7 Å². The van der Waals surface area contributed by atoms with E-state index in [0.29, 0.717) is 5.56 Å². The van der Waals surface area contributed by atoms with Gasteiger partial charge in [-0.05, 0) is 48.2 Å². The molecule has 1 atom stereocenters. The molecule has 0 bridgehead atoms. The fraction of sp³-hybridized carbons (Fsp3) is 0.211. The molecule has 0 aliphatic rings. The van der Waals surface area contributed by atoms with Gasteiger partial charge in [0.1, 0.15) is 0 Å². The zero-order valence-corrected chi connectivity index (χ0v) is 13.4. The molecule has 0 amide bonds. The first kappa shape index (κ1) is 17.5. The Morgan fingerprint density at radius 2 is 1.92 bits per heavy atom. The van der Waals surface area contributed by atoms with Gasteiger partial charge < -0.3 is 10.4 Å². The van der Waals surface area contributed by atoms with Crippen LogP contribution in [-0.2, 0) is 4.79 Å². The molecule has 2 aromatic rings. The normalized spacial score (nSPS) is 11.6. The van der Waals surface area contributed by atoms with Gasteiger partial charge in [0, 0.05) is 11.6 Å². The maximum absolute atomic E-state index is 14.2. The molecular weight excluding hydrogens is 312 g/mol. The summed E-state index contributed by atoms with van der Waals surface area (Å²) in [6, 6.07) is 9.26. The number of benzene rings is 2. The van der Waals surface area contributed by atoms with E-state index >= 15 is 0 Å². The van der Waals surface area contributed by atoms with Crippen molar-refractivity contribution < 1.29 is 18.7 Å². The first-order valence-corrected chi connectivity index (χ1v) is 7.33. The van der Waals surface area contributed by atoms with Crippen molar-refractivity contribution in [1.82, 2.24) is 5.32 Å². The minimum atomic E-state index is -1.17. The van der Waals surface area contributed by atoms with E-state index in [1.54, 1.807) is 0 Å². The van der Waals surface area contributed by atoms with Crippen LogP contribution in [0.5, 0.6) is 0 Å². The van der Waals surface area contributed by atoms with Crippen LogP contribution in [0.3, 0.4) is 0 Å². The smallest absolute Gasteiger partial charge is 0.305 e. The molecule has 0 heterocycles. The molecule has 3 nitrogen and oxygen atoms in total. The van der Waals surface area contributed by atoms with Crippen LogP contribution in [-0.4, -0.2) is 11.1 Å². The summed E-state index contributed by atoms with van der Waals surface area (Å²) in [5, 5.41) is 11.4. The van der Waals surface area contributed by atoms with Gasteiger partial charge in [-0.2, -0.15) is 0 Å². The van der Waals surface area contributed by atoms with Gasteiger partial charge in [0.15, 0.2) is 11.6 Å². The monoisotopic (exact) mass is 329 g/mol. The van der Waals surface area contributed by atoms with Crippen LogP contribution in [0.25, 0.3) is 11.1 Å². The van der Waals surface area contributed by atoms with Gasteiger partial charge in [0.25, 0.3) is 0 Å². The third-order valence-corrected chi connectivity index (χ3v) is 3.84. The van der Waals surface area contributed by atoms with E-state index in [2.05, 4.69) is 11.4 Å². The van der Waals surface area contributed by atoms with E-state index in [1.165, 1.54) is 6.07 Å². The predicted octanol–water partition coefficient (Wildman–Crippen LogP) is 3.94. The zero-order valence-electron chi connectivity index (χ0n) is 13.4. The van der Waals surface area contributed by atoms with Gasteiger partial charge >= 0.3 is 5.97 Å². The molecule has 0 aromatic heterocycles. The molecule has 0 spiro atoms. The molecule has 2 aromatic carbocycles. The highest BCUT2D eigenvalue weighted by molar-refractivity contribution is 5.72. The van der Waals surface area contributed by atoms with Crippen molar-refractivity contribution in [2.24, 2.45) is 0 Å². The van der Waals surface area contributed by atoms with Crippen molar-refractivity contribution in [1.29, 1.82) is 0 Å². The first-order valence-electron chi connectivity index (χ1n) is 7.33. The second-order valence-electron chi connectivity index (χ2n) is 5.57. The molecule has 2 N–H and O–H groups in total. The number of carboxylic acid groups (broad SMARTS) is 1. The Morgan fingerprint density at radius 3 is 2.46 bits per heavy atom. The number of aryl methyl sites for hydroxylation is 2. The van der Waals surface area contributed by atoms with Crippen LogP contribution in [0.1, 0.15) is 29.2 Å². The number of rotatable bonds is 5. The molecule has 2 rings (SSSR count). The highest BCUT2D eigenvalue weighted by Crippen LogP contribution is 2.32. The number of aliphatic carboxylic acids is 1. The number of carbonyl (C=O) groups is 1. The summed E-state index contributed by atoms with van der Waals surface area (Å²) < 4.78 is 28.4. The Kier molecular flexibility index (Phi) is 5.20. The number of nitrogens with one attached hydrogen (secondary N) is 1. The van der Waals surface area contributed by atoms with Gasteiger partial charge in [0.2, 0.25) is 0 Å². The number of terminal acetylenes is 1. The van der Waals surface area contributed by atoms with Crippen LogP contribution in [0.2, 0.25) is 0 Å². The molecule has 0 saturated heterocycles. The second kappa shape index (κ2) is 7.14. The van der Waals surface area contributed by atoms with Crippen molar-refractivity contribution in [2.45, 2.75) is 26.3 Å². The van der Waals surface area contributed by atoms with Crippen LogP contribution >= 0.6 is 0 Å². The molecule has 0 fully saturated rings. The summed E-state index contributed by atoms with van der Waals surface area (Å²) in [4.78, 5) is 11.0. The fourth-order valence-corrected chi connectivity index (χ4v) is 2.79. The van der Waals surface area contributed by atoms with E-state index in [0.717, 1.165) is 22.8 Å². The molecule has 5 heteroatoms. The number of halogens is 2. The van der Waals surface area contributed by atoms with Crippen LogP contribution in [0, 0.1) is 37.9 Å². The Hall–Kier alpha value is -2.87. The first-order chi connectivity index (χ1) is 11.3. The number of hydrogen-bond donors (Lipinski definition) is 2. The SMILES string of the molecule is C#CNC(CC(=O)O)c1cc(-c2c(C)cccc2C)cc(F)c1F. The third kappa shape index (κ3) is 3.54. The minimum Gasteiger partial charge on any atom is -0.481 e. The van der Waals surface area contributed by atoms with Gasteiger partial charge in [-0.1, -0.05) is 24.6 Å². The quantitative estimate of drug-likeness (QED) is 0.645. The van der Waals surface area contributed by atoms with Crippen molar-refractivity contribution in [3.63, 3.8) is 0 Å². The van der Waals surface area contributed by atoms with Crippen molar-refractivity contribution in [2.75, 3.05) is 0 Å². The molecule has 124 valence electrons. The lowest BCUT2D eigenvalue weighted by Gasteiger charge is -2.18. The van der Waals surface area contributed by atoms with Crippen molar-refractivity contribution >= 4 is 5.97 Å². The molecule has 0 aliphatic heterocycles. The van der Waals surface area contributed by atoms with E-state index in [1.807, 2.05) is 32.0 Å². The largest absolute Gasteiger partial charge is 0.481 e. The maximum atomic E-state index is 14.2.